The Morgan fingerprint density at radius 3 is 2.33 bits per heavy atom. The van der Waals surface area contributed by atoms with E-state index in [9.17, 15) is 4.79 Å². The molecule has 0 N–H and O–H groups in total. The molecule has 0 atom stereocenters. The van der Waals surface area contributed by atoms with Crippen LogP contribution < -0.4 is 0 Å². The lowest BCUT2D eigenvalue weighted by molar-refractivity contribution is -0.107. The van der Waals surface area contributed by atoms with E-state index in [2.05, 4.69) is 45.0 Å². The third-order valence-corrected chi connectivity index (χ3v) is 2.76. The van der Waals surface area contributed by atoms with E-state index in [1.807, 2.05) is 0 Å². The second kappa shape index (κ2) is 5.50. The summed E-state index contributed by atoms with van der Waals surface area (Å²) in [4.78, 5) is 10.3. The molecule has 80 valence electrons. The molecule has 0 aromatic heterocycles. The van der Waals surface area contributed by atoms with Crippen LogP contribution >= 0.6 is 0 Å². The van der Waals surface area contributed by atoms with Crippen molar-refractivity contribution in [1.82, 2.24) is 0 Å². The summed E-state index contributed by atoms with van der Waals surface area (Å²) in [5.41, 5.74) is 5.11. The molecule has 15 heavy (non-hydrogen) atoms. The topological polar surface area (TPSA) is 17.1 Å². The number of hydrogen-bond acceptors (Lipinski definition) is 1. The quantitative estimate of drug-likeness (QED) is 0.679. The molecule has 0 saturated heterocycles. The molecule has 1 nitrogen and oxygen atoms in total. The molecule has 0 unspecified atom stereocenters. The van der Waals surface area contributed by atoms with Gasteiger partial charge in [0.1, 0.15) is 6.29 Å². The van der Waals surface area contributed by atoms with Crippen LogP contribution in [0.4, 0.5) is 0 Å². The van der Waals surface area contributed by atoms with Crippen molar-refractivity contribution in [3.63, 3.8) is 0 Å². The van der Waals surface area contributed by atoms with Gasteiger partial charge in [0.15, 0.2) is 0 Å². The van der Waals surface area contributed by atoms with Crippen molar-refractivity contribution in [3.8, 4) is 0 Å². The van der Waals surface area contributed by atoms with Crippen molar-refractivity contribution >= 4 is 11.9 Å². The first kappa shape index (κ1) is 11.7. The predicted molar refractivity (Wildman–Crippen MR) is 64.7 cm³/mol. The number of hydrogen-bond donors (Lipinski definition) is 0. The third-order valence-electron chi connectivity index (χ3n) is 2.76. The molecule has 0 aliphatic carbocycles. The van der Waals surface area contributed by atoms with Gasteiger partial charge in [0.2, 0.25) is 0 Å². The van der Waals surface area contributed by atoms with E-state index in [4.69, 9.17) is 0 Å². The summed E-state index contributed by atoms with van der Waals surface area (Å²) in [6, 6.07) is 8.50. The lowest BCUT2D eigenvalue weighted by Crippen LogP contribution is -1.87. The first-order chi connectivity index (χ1) is 7.15. The smallest absolute Gasteiger partial charge is 0.120 e. The predicted octanol–water partition coefficient (Wildman–Crippen LogP) is 3.77. The lowest BCUT2D eigenvalue weighted by atomic mass is 9.99. The third kappa shape index (κ3) is 3.35. The average molecular weight is 202 g/mol. The minimum atomic E-state index is 0.620. The van der Waals surface area contributed by atoms with Crippen LogP contribution in [-0.4, -0.2) is 6.29 Å². The Hall–Kier alpha value is -1.37. The summed E-state index contributed by atoms with van der Waals surface area (Å²) in [5.74, 6) is 0. The van der Waals surface area contributed by atoms with Gasteiger partial charge >= 0.3 is 0 Å². The van der Waals surface area contributed by atoms with E-state index < -0.39 is 0 Å². The molecule has 0 radical (unpaired) electrons. The maximum atomic E-state index is 10.3. The van der Waals surface area contributed by atoms with Crippen LogP contribution in [-0.2, 0) is 4.79 Å². The van der Waals surface area contributed by atoms with Crippen molar-refractivity contribution in [2.24, 2.45) is 0 Å². The van der Waals surface area contributed by atoms with E-state index in [-0.39, 0.29) is 0 Å². The maximum absolute atomic E-state index is 10.3. The maximum Gasteiger partial charge on any atom is 0.120 e. The zero-order chi connectivity index (χ0) is 11.3. The standard InChI is InChI=1S/C14H18O/c1-11-6-8-14(9-7-11)13(3)12(2)5-4-10-15/h6-10H,4-5H2,1-3H3. The van der Waals surface area contributed by atoms with E-state index >= 15 is 0 Å². The number of aryl methyl sites for hydroxylation is 1. The monoisotopic (exact) mass is 202 g/mol. The SMILES string of the molecule is CC(CCC=O)=C(C)c1ccc(C)cc1. The Morgan fingerprint density at radius 2 is 1.80 bits per heavy atom. The molecule has 0 bridgehead atoms. The van der Waals surface area contributed by atoms with Crippen LogP contribution in [0.2, 0.25) is 0 Å². The van der Waals surface area contributed by atoms with Gasteiger partial charge in [-0.2, -0.15) is 0 Å². The Kier molecular flexibility index (Phi) is 4.29. The average Bonchev–Trinajstić information content (AvgIpc) is 2.26. The minimum absolute atomic E-state index is 0.620. The number of aldehydes is 1. The van der Waals surface area contributed by atoms with E-state index in [1.165, 1.54) is 22.3 Å². The van der Waals surface area contributed by atoms with Gasteiger partial charge in [-0.15, -0.1) is 0 Å². The van der Waals surface area contributed by atoms with Crippen LogP contribution in [0.5, 0.6) is 0 Å². The van der Waals surface area contributed by atoms with Gasteiger partial charge in [0.05, 0.1) is 0 Å². The molecule has 0 fully saturated rings. The van der Waals surface area contributed by atoms with Crippen molar-refractivity contribution in [3.05, 3.63) is 41.0 Å². The molecule has 1 aromatic carbocycles. The molecule has 0 aliphatic rings. The summed E-state index contributed by atoms with van der Waals surface area (Å²) in [6.07, 6.45) is 2.46. The number of carbonyl (C=O) groups is 1. The van der Waals surface area contributed by atoms with Gasteiger partial charge in [-0.3, -0.25) is 0 Å². The van der Waals surface area contributed by atoms with Crippen molar-refractivity contribution in [2.45, 2.75) is 33.6 Å². The first-order valence-electron chi connectivity index (χ1n) is 5.32. The van der Waals surface area contributed by atoms with Gasteiger partial charge in [0, 0.05) is 6.42 Å². The molecule has 1 rings (SSSR count). The molecular formula is C14H18O. The highest BCUT2D eigenvalue weighted by Gasteiger charge is 2.00. The van der Waals surface area contributed by atoms with Crippen LogP contribution in [0.1, 0.15) is 37.8 Å². The Bertz CT molecular complexity index is 357. The Morgan fingerprint density at radius 1 is 1.20 bits per heavy atom. The molecule has 0 heterocycles. The van der Waals surface area contributed by atoms with Crippen LogP contribution in [0.15, 0.2) is 29.8 Å². The van der Waals surface area contributed by atoms with Crippen LogP contribution in [0, 0.1) is 6.92 Å². The highest BCUT2D eigenvalue weighted by molar-refractivity contribution is 5.67. The van der Waals surface area contributed by atoms with Crippen molar-refractivity contribution < 1.29 is 4.79 Å². The summed E-state index contributed by atoms with van der Waals surface area (Å²) < 4.78 is 0. The zero-order valence-electron chi connectivity index (χ0n) is 9.71. The van der Waals surface area contributed by atoms with Crippen molar-refractivity contribution in [1.29, 1.82) is 0 Å². The van der Waals surface area contributed by atoms with Crippen molar-refractivity contribution in [2.75, 3.05) is 0 Å². The largest absolute Gasteiger partial charge is 0.303 e. The molecule has 0 amide bonds. The van der Waals surface area contributed by atoms with Gasteiger partial charge in [-0.1, -0.05) is 35.4 Å². The van der Waals surface area contributed by atoms with Crippen LogP contribution in [0.3, 0.4) is 0 Å². The number of carbonyl (C=O) groups excluding carboxylic acids is 1. The molecule has 0 spiro atoms. The lowest BCUT2D eigenvalue weighted by Gasteiger charge is -2.07. The Labute approximate surface area is 91.8 Å². The normalized spacial score (nSPS) is 12.2. The van der Waals surface area contributed by atoms with Crippen LogP contribution in [0.25, 0.3) is 5.57 Å². The van der Waals surface area contributed by atoms with E-state index in [0.717, 1.165) is 12.7 Å². The minimum Gasteiger partial charge on any atom is -0.303 e. The molecule has 1 aromatic rings. The van der Waals surface area contributed by atoms with E-state index in [0.29, 0.717) is 6.42 Å². The second-order valence-electron chi connectivity index (χ2n) is 3.98. The molecule has 0 saturated carbocycles. The van der Waals surface area contributed by atoms with E-state index in [1.54, 1.807) is 0 Å². The second-order valence-corrected chi connectivity index (χ2v) is 3.98. The van der Waals surface area contributed by atoms with Gasteiger partial charge in [-0.05, 0) is 38.3 Å². The summed E-state index contributed by atoms with van der Waals surface area (Å²) in [6.45, 7) is 6.30. The number of benzene rings is 1. The fraction of sp³-hybridized carbons (Fsp3) is 0.357. The fourth-order valence-electron chi connectivity index (χ4n) is 1.51. The highest BCUT2D eigenvalue weighted by Crippen LogP contribution is 2.20. The Balaban J connectivity index is 2.86. The van der Waals surface area contributed by atoms with Gasteiger partial charge < -0.3 is 4.79 Å². The fourth-order valence-corrected chi connectivity index (χ4v) is 1.51. The zero-order valence-corrected chi connectivity index (χ0v) is 9.71. The van der Waals surface area contributed by atoms with Gasteiger partial charge in [0.25, 0.3) is 0 Å². The molecule has 1 heteroatoms. The molecule has 0 aliphatic heterocycles. The first-order valence-corrected chi connectivity index (χ1v) is 5.32. The summed E-state index contributed by atoms with van der Waals surface area (Å²) in [5, 5.41) is 0. The highest BCUT2D eigenvalue weighted by atomic mass is 16.1. The number of rotatable bonds is 4. The number of allylic oxidation sites excluding steroid dienone is 2. The molecular weight excluding hydrogens is 184 g/mol. The van der Waals surface area contributed by atoms with Gasteiger partial charge in [-0.25, -0.2) is 0 Å². The summed E-state index contributed by atoms with van der Waals surface area (Å²) >= 11 is 0. The summed E-state index contributed by atoms with van der Waals surface area (Å²) in [7, 11) is 0.